The summed E-state index contributed by atoms with van der Waals surface area (Å²) in [6, 6.07) is 3.00. The molecule has 8 heteroatoms. The molecule has 5 nitrogen and oxygen atoms in total. The quantitative estimate of drug-likeness (QED) is 0.876. The van der Waals surface area contributed by atoms with E-state index in [4.69, 9.17) is 16.3 Å². The topological polar surface area (TPSA) is 75.6 Å². The second kappa shape index (κ2) is 5.44. The summed E-state index contributed by atoms with van der Waals surface area (Å²) in [4.78, 5) is 0. The van der Waals surface area contributed by atoms with E-state index in [1.165, 1.54) is 12.1 Å². The zero-order valence-electron chi connectivity index (χ0n) is 9.56. The van der Waals surface area contributed by atoms with Crippen LogP contribution in [0.4, 0.5) is 0 Å². The molecule has 0 unspecified atom stereocenters. The standard InChI is InChI=1S/C10H14ClNO4S2/c11-8-1-2-9(17-8)18(14,15)12-10(7-13)3-5-16-6-4-10/h1-2,12-13H,3-7H2. The predicted molar refractivity (Wildman–Crippen MR) is 69.5 cm³/mol. The lowest BCUT2D eigenvalue weighted by Gasteiger charge is -2.35. The first-order valence-electron chi connectivity index (χ1n) is 5.45. The van der Waals surface area contributed by atoms with E-state index in [0.29, 0.717) is 30.4 Å². The normalized spacial score (nSPS) is 19.9. The molecular formula is C10H14ClNO4S2. The monoisotopic (exact) mass is 311 g/mol. The Bertz CT molecular complexity index is 508. The Morgan fingerprint density at radius 1 is 1.44 bits per heavy atom. The highest BCUT2D eigenvalue weighted by Crippen LogP contribution is 2.28. The molecule has 0 bridgehead atoms. The molecule has 0 atom stereocenters. The third-order valence-electron chi connectivity index (χ3n) is 2.92. The third-order valence-corrected chi connectivity index (χ3v) is 6.22. The van der Waals surface area contributed by atoms with E-state index in [2.05, 4.69) is 4.72 Å². The second-order valence-electron chi connectivity index (χ2n) is 4.21. The molecule has 2 rings (SSSR count). The molecule has 1 aromatic heterocycles. The van der Waals surface area contributed by atoms with Crippen LogP contribution < -0.4 is 4.72 Å². The smallest absolute Gasteiger partial charge is 0.250 e. The van der Waals surface area contributed by atoms with Gasteiger partial charge in [0, 0.05) is 13.2 Å². The first-order valence-corrected chi connectivity index (χ1v) is 8.13. The average Bonchev–Trinajstić information content (AvgIpc) is 2.77. The van der Waals surface area contributed by atoms with Crippen LogP contribution in [-0.4, -0.2) is 38.9 Å². The minimum Gasteiger partial charge on any atom is -0.394 e. The van der Waals surface area contributed by atoms with Crippen molar-refractivity contribution in [2.45, 2.75) is 22.6 Å². The summed E-state index contributed by atoms with van der Waals surface area (Å²) in [5, 5.41) is 9.45. The highest BCUT2D eigenvalue weighted by atomic mass is 35.5. The molecule has 2 N–H and O–H groups in total. The number of nitrogens with one attached hydrogen (secondary N) is 1. The Hall–Kier alpha value is -0.180. The lowest BCUT2D eigenvalue weighted by atomic mass is 9.93. The number of hydrogen-bond acceptors (Lipinski definition) is 5. The van der Waals surface area contributed by atoms with Crippen LogP contribution in [0, 0.1) is 0 Å². The Labute approximate surface area is 115 Å². The number of sulfonamides is 1. The number of thiophene rings is 1. The molecule has 18 heavy (non-hydrogen) atoms. The van der Waals surface area contributed by atoms with Gasteiger partial charge < -0.3 is 9.84 Å². The van der Waals surface area contributed by atoms with Crippen LogP contribution in [0.15, 0.2) is 16.3 Å². The van der Waals surface area contributed by atoms with Gasteiger partial charge in [-0.05, 0) is 25.0 Å². The number of hydrogen-bond donors (Lipinski definition) is 2. The highest BCUT2D eigenvalue weighted by molar-refractivity contribution is 7.91. The fourth-order valence-corrected chi connectivity index (χ4v) is 4.77. The fourth-order valence-electron chi connectivity index (χ4n) is 1.83. The molecule has 1 saturated heterocycles. The molecule has 0 amide bonds. The second-order valence-corrected chi connectivity index (χ2v) is 7.84. The van der Waals surface area contributed by atoms with Crippen molar-refractivity contribution in [2.75, 3.05) is 19.8 Å². The Morgan fingerprint density at radius 2 is 2.11 bits per heavy atom. The van der Waals surface area contributed by atoms with Crippen molar-refractivity contribution >= 4 is 33.0 Å². The lowest BCUT2D eigenvalue weighted by molar-refractivity contribution is 0.0223. The van der Waals surface area contributed by atoms with E-state index >= 15 is 0 Å². The summed E-state index contributed by atoms with van der Waals surface area (Å²) in [6.45, 7) is 0.636. The number of ether oxygens (including phenoxy) is 1. The van der Waals surface area contributed by atoms with E-state index in [9.17, 15) is 13.5 Å². The van der Waals surface area contributed by atoms with Crippen molar-refractivity contribution in [3.63, 3.8) is 0 Å². The van der Waals surface area contributed by atoms with Crippen molar-refractivity contribution < 1.29 is 18.3 Å². The molecule has 0 spiro atoms. The first kappa shape index (κ1) is 14.2. The number of halogens is 1. The summed E-state index contributed by atoms with van der Waals surface area (Å²) < 4.78 is 32.7. The zero-order chi connectivity index (χ0) is 13.2. The predicted octanol–water partition coefficient (Wildman–Crippen LogP) is 1.22. The van der Waals surface area contributed by atoms with Gasteiger partial charge >= 0.3 is 0 Å². The molecule has 102 valence electrons. The summed E-state index contributed by atoms with van der Waals surface area (Å²) in [7, 11) is -3.64. The SMILES string of the molecule is O=S(=O)(NC1(CO)CCOCC1)c1ccc(Cl)s1. The van der Waals surface area contributed by atoms with Crippen molar-refractivity contribution in [2.24, 2.45) is 0 Å². The van der Waals surface area contributed by atoms with Crippen LogP contribution >= 0.6 is 22.9 Å². The molecular weight excluding hydrogens is 298 g/mol. The van der Waals surface area contributed by atoms with Gasteiger partial charge in [-0.25, -0.2) is 13.1 Å². The molecule has 1 aromatic rings. The summed E-state index contributed by atoms with van der Waals surface area (Å²) in [5.41, 5.74) is -0.826. The van der Waals surface area contributed by atoms with Crippen LogP contribution in [0.2, 0.25) is 4.34 Å². The van der Waals surface area contributed by atoms with Crippen molar-refractivity contribution in [1.82, 2.24) is 4.72 Å². The fraction of sp³-hybridized carbons (Fsp3) is 0.600. The van der Waals surface area contributed by atoms with Crippen molar-refractivity contribution in [3.05, 3.63) is 16.5 Å². The Balaban J connectivity index is 2.21. The van der Waals surface area contributed by atoms with E-state index in [1.807, 2.05) is 0 Å². The third kappa shape index (κ3) is 3.04. The van der Waals surface area contributed by atoms with E-state index < -0.39 is 15.6 Å². The maximum absolute atomic E-state index is 12.2. The van der Waals surface area contributed by atoms with E-state index in [0.717, 1.165) is 11.3 Å². The maximum atomic E-state index is 12.2. The molecule has 1 aliphatic heterocycles. The maximum Gasteiger partial charge on any atom is 0.250 e. The zero-order valence-corrected chi connectivity index (χ0v) is 11.9. The van der Waals surface area contributed by atoms with Gasteiger partial charge in [-0.2, -0.15) is 0 Å². The van der Waals surface area contributed by atoms with Crippen LogP contribution in [0.1, 0.15) is 12.8 Å². The summed E-state index contributed by atoms with van der Waals surface area (Å²) in [6.07, 6.45) is 0.920. The van der Waals surface area contributed by atoms with Gasteiger partial charge in [0.05, 0.1) is 16.5 Å². The number of aliphatic hydroxyl groups excluding tert-OH is 1. The van der Waals surface area contributed by atoms with E-state index in [1.54, 1.807) is 0 Å². The van der Waals surface area contributed by atoms with Crippen LogP contribution in [0.25, 0.3) is 0 Å². The van der Waals surface area contributed by atoms with Gasteiger partial charge in [-0.3, -0.25) is 0 Å². The number of aliphatic hydroxyl groups is 1. The Kier molecular flexibility index (Phi) is 4.30. The van der Waals surface area contributed by atoms with E-state index in [-0.39, 0.29) is 10.8 Å². The molecule has 0 radical (unpaired) electrons. The van der Waals surface area contributed by atoms with Crippen molar-refractivity contribution in [1.29, 1.82) is 0 Å². The highest BCUT2D eigenvalue weighted by Gasteiger charge is 2.36. The van der Waals surface area contributed by atoms with Crippen LogP contribution in [-0.2, 0) is 14.8 Å². The molecule has 1 aliphatic rings. The molecule has 0 aromatic carbocycles. The molecule has 0 aliphatic carbocycles. The largest absolute Gasteiger partial charge is 0.394 e. The minimum absolute atomic E-state index is 0.159. The van der Waals surface area contributed by atoms with Gasteiger partial charge in [0.15, 0.2) is 0 Å². The lowest BCUT2D eigenvalue weighted by Crippen LogP contribution is -2.54. The van der Waals surface area contributed by atoms with Gasteiger partial charge in [0.2, 0.25) is 0 Å². The average molecular weight is 312 g/mol. The molecule has 1 fully saturated rings. The van der Waals surface area contributed by atoms with Gasteiger partial charge in [-0.1, -0.05) is 11.6 Å². The number of rotatable bonds is 4. The molecule has 2 heterocycles. The summed E-state index contributed by atoms with van der Waals surface area (Å²) in [5.74, 6) is 0. The minimum atomic E-state index is -3.64. The first-order chi connectivity index (χ1) is 8.47. The van der Waals surface area contributed by atoms with Crippen molar-refractivity contribution in [3.8, 4) is 0 Å². The van der Waals surface area contributed by atoms with Crippen LogP contribution in [0.5, 0.6) is 0 Å². The Morgan fingerprint density at radius 3 is 2.61 bits per heavy atom. The van der Waals surface area contributed by atoms with Gasteiger partial charge in [0.1, 0.15) is 4.21 Å². The summed E-state index contributed by atoms with van der Waals surface area (Å²) >= 11 is 6.73. The van der Waals surface area contributed by atoms with Crippen LogP contribution in [0.3, 0.4) is 0 Å². The van der Waals surface area contributed by atoms with Gasteiger partial charge in [0.25, 0.3) is 10.0 Å². The van der Waals surface area contributed by atoms with Gasteiger partial charge in [-0.15, -0.1) is 11.3 Å². The molecule has 0 saturated carbocycles.